The van der Waals surface area contributed by atoms with Crippen molar-refractivity contribution in [3.05, 3.63) is 87.6 Å². The van der Waals surface area contributed by atoms with Crippen LogP contribution in [0.25, 0.3) is 0 Å². The van der Waals surface area contributed by atoms with Gasteiger partial charge in [0.1, 0.15) is 6.33 Å². The molecule has 1 saturated heterocycles. The van der Waals surface area contributed by atoms with E-state index in [-0.39, 0.29) is 42.7 Å². The molecule has 1 aliphatic heterocycles. The summed E-state index contributed by atoms with van der Waals surface area (Å²) in [5.74, 6) is 0. The van der Waals surface area contributed by atoms with Gasteiger partial charge in [-0.1, -0.05) is 30.3 Å². The first-order chi connectivity index (χ1) is 17.0. The summed E-state index contributed by atoms with van der Waals surface area (Å²) in [6.07, 6.45) is -8.57. The summed E-state index contributed by atoms with van der Waals surface area (Å²) in [5, 5.41) is 7.30. The van der Waals surface area contributed by atoms with Crippen LogP contribution in [-0.2, 0) is 30.4 Å². The van der Waals surface area contributed by atoms with Crippen molar-refractivity contribution in [1.82, 2.24) is 25.0 Å². The number of hydrogen-bond acceptors (Lipinski definition) is 5. The van der Waals surface area contributed by atoms with Gasteiger partial charge < -0.3 is 10.1 Å². The summed E-state index contributed by atoms with van der Waals surface area (Å²) >= 11 is 0. The lowest BCUT2D eigenvalue weighted by Gasteiger charge is -2.42. The van der Waals surface area contributed by atoms with Crippen LogP contribution in [0.15, 0.2) is 59.7 Å². The average Bonchev–Trinajstić information content (AvgIpc) is 3.23. The van der Waals surface area contributed by atoms with Crippen molar-refractivity contribution in [1.29, 1.82) is 0 Å². The van der Waals surface area contributed by atoms with Crippen LogP contribution in [0, 0.1) is 0 Å². The predicted octanol–water partition coefficient (Wildman–Crippen LogP) is 3.80. The molecule has 2 atom stereocenters. The Morgan fingerprint density at radius 1 is 1.00 bits per heavy atom. The van der Waals surface area contributed by atoms with Gasteiger partial charge in [0.05, 0.1) is 43.1 Å². The molecule has 2 aromatic carbocycles. The SMILES string of the molecule is O=c1[nH]cnn1CN1CCNC(COCc2cc(C(F)(F)F)cc(C(F)(F)F)c2)C1c1ccccc1. The molecule has 4 rings (SSSR count). The Morgan fingerprint density at radius 2 is 1.67 bits per heavy atom. The fourth-order valence-corrected chi connectivity index (χ4v) is 4.26. The van der Waals surface area contributed by atoms with Gasteiger partial charge in [0.25, 0.3) is 0 Å². The molecular formula is C23H23F6N5O2. The van der Waals surface area contributed by atoms with E-state index in [0.717, 1.165) is 5.56 Å². The smallest absolute Gasteiger partial charge is 0.375 e. The Balaban J connectivity index is 1.52. The van der Waals surface area contributed by atoms with Gasteiger partial charge in [-0.2, -0.15) is 36.1 Å². The van der Waals surface area contributed by atoms with E-state index >= 15 is 0 Å². The van der Waals surface area contributed by atoms with E-state index in [2.05, 4.69) is 15.4 Å². The molecule has 7 nitrogen and oxygen atoms in total. The van der Waals surface area contributed by atoms with Crippen LogP contribution in [0.2, 0.25) is 0 Å². The molecule has 0 radical (unpaired) electrons. The standard InChI is InChI=1S/C23H23F6N5O2/c24-22(25,26)17-8-15(9-18(10-17)23(27,28)29)11-36-12-19-20(16-4-2-1-3-5-16)33(7-6-30-19)14-34-21(35)31-13-32-34/h1-5,8-10,13,19-20,30H,6-7,11-12,14H2,(H,31,32,35). The van der Waals surface area contributed by atoms with Crippen molar-refractivity contribution >= 4 is 0 Å². The third-order valence-electron chi connectivity index (χ3n) is 5.87. The summed E-state index contributed by atoms with van der Waals surface area (Å²) in [5.41, 5.74) is -2.48. The van der Waals surface area contributed by atoms with Gasteiger partial charge in [-0.25, -0.2) is 4.79 Å². The van der Waals surface area contributed by atoms with Crippen LogP contribution >= 0.6 is 0 Å². The lowest BCUT2D eigenvalue weighted by Crippen LogP contribution is -2.55. The number of alkyl halides is 6. The van der Waals surface area contributed by atoms with Crippen molar-refractivity contribution in [2.24, 2.45) is 0 Å². The van der Waals surface area contributed by atoms with E-state index in [9.17, 15) is 31.1 Å². The highest BCUT2D eigenvalue weighted by Crippen LogP contribution is 2.36. The van der Waals surface area contributed by atoms with Crippen LogP contribution in [-0.4, -0.2) is 45.4 Å². The number of ether oxygens (including phenoxy) is 1. The van der Waals surface area contributed by atoms with Gasteiger partial charge >= 0.3 is 18.0 Å². The van der Waals surface area contributed by atoms with Gasteiger partial charge in [-0.3, -0.25) is 9.88 Å². The summed E-state index contributed by atoms with van der Waals surface area (Å²) in [6, 6.07) is 10.1. The van der Waals surface area contributed by atoms with E-state index in [1.807, 2.05) is 35.2 Å². The van der Waals surface area contributed by atoms with Crippen molar-refractivity contribution in [3.63, 3.8) is 0 Å². The Bertz CT molecular complexity index is 1180. The highest BCUT2D eigenvalue weighted by atomic mass is 19.4. The summed E-state index contributed by atoms with van der Waals surface area (Å²) < 4.78 is 85.9. The number of benzene rings is 2. The minimum Gasteiger partial charge on any atom is -0.375 e. The van der Waals surface area contributed by atoms with Crippen LogP contribution in [0.3, 0.4) is 0 Å². The van der Waals surface area contributed by atoms with Gasteiger partial charge in [-0.15, -0.1) is 0 Å². The number of nitrogens with zero attached hydrogens (tertiary/aromatic N) is 3. The first-order valence-electron chi connectivity index (χ1n) is 11.0. The number of H-pyrrole nitrogens is 1. The molecule has 2 N–H and O–H groups in total. The van der Waals surface area contributed by atoms with Gasteiger partial charge in [0.15, 0.2) is 0 Å². The molecule has 0 spiro atoms. The average molecular weight is 515 g/mol. The molecule has 13 heteroatoms. The van der Waals surface area contributed by atoms with Gasteiger partial charge in [0, 0.05) is 13.1 Å². The van der Waals surface area contributed by atoms with Crippen molar-refractivity contribution in [2.45, 2.75) is 37.7 Å². The van der Waals surface area contributed by atoms with E-state index in [0.29, 0.717) is 25.2 Å². The predicted molar refractivity (Wildman–Crippen MR) is 117 cm³/mol. The number of piperazine rings is 1. The molecule has 0 saturated carbocycles. The maximum Gasteiger partial charge on any atom is 0.416 e. The van der Waals surface area contributed by atoms with E-state index in [1.165, 1.54) is 11.0 Å². The Kier molecular flexibility index (Phi) is 7.52. The molecule has 0 amide bonds. The highest BCUT2D eigenvalue weighted by molar-refractivity contribution is 5.33. The molecule has 0 bridgehead atoms. The first-order valence-corrected chi connectivity index (χ1v) is 11.0. The Hall–Kier alpha value is -3.16. The molecule has 1 fully saturated rings. The van der Waals surface area contributed by atoms with Crippen molar-refractivity contribution in [3.8, 4) is 0 Å². The molecule has 2 unspecified atom stereocenters. The monoisotopic (exact) mass is 515 g/mol. The lowest BCUT2D eigenvalue weighted by molar-refractivity contribution is -0.143. The van der Waals surface area contributed by atoms with Crippen LogP contribution in [0.5, 0.6) is 0 Å². The summed E-state index contributed by atoms with van der Waals surface area (Å²) in [6.45, 7) is 0.841. The zero-order valence-electron chi connectivity index (χ0n) is 18.8. The van der Waals surface area contributed by atoms with Gasteiger partial charge in [0.2, 0.25) is 0 Å². The molecule has 2 heterocycles. The second-order valence-electron chi connectivity index (χ2n) is 8.39. The molecule has 194 valence electrons. The Morgan fingerprint density at radius 3 is 2.25 bits per heavy atom. The highest BCUT2D eigenvalue weighted by Gasteiger charge is 2.37. The van der Waals surface area contributed by atoms with E-state index in [1.54, 1.807) is 0 Å². The largest absolute Gasteiger partial charge is 0.416 e. The third-order valence-corrected chi connectivity index (χ3v) is 5.87. The molecule has 1 aliphatic rings. The lowest BCUT2D eigenvalue weighted by atomic mass is 9.96. The number of aromatic nitrogens is 3. The topological polar surface area (TPSA) is 75.2 Å². The Labute approximate surface area is 201 Å². The maximum absolute atomic E-state index is 13.2. The van der Waals surface area contributed by atoms with E-state index in [4.69, 9.17) is 4.74 Å². The van der Waals surface area contributed by atoms with Crippen molar-refractivity contribution < 1.29 is 31.1 Å². The molecule has 0 aliphatic carbocycles. The number of aromatic amines is 1. The zero-order chi connectivity index (χ0) is 25.9. The number of nitrogens with one attached hydrogen (secondary N) is 2. The molecular weight excluding hydrogens is 492 g/mol. The molecule has 3 aromatic rings. The fraction of sp³-hybridized carbons (Fsp3) is 0.391. The minimum absolute atomic E-state index is 0.00310. The quantitative estimate of drug-likeness (QED) is 0.469. The number of halogens is 6. The summed E-state index contributed by atoms with van der Waals surface area (Å²) in [7, 11) is 0. The van der Waals surface area contributed by atoms with E-state index < -0.39 is 30.1 Å². The number of rotatable bonds is 7. The molecule has 36 heavy (non-hydrogen) atoms. The number of hydrogen-bond donors (Lipinski definition) is 2. The van der Waals surface area contributed by atoms with Crippen LogP contribution in [0.1, 0.15) is 28.3 Å². The van der Waals surface area contributed by atoms with Gasteiger partial charge in [-0.05, 0) is 29.3 Å². The second-order valence-corrected chi connectivity index (χ2v) is 8.39. The fourth-order valence-electron chi connectivity index (χ4n) is 4.26. The van der Waals surface area contributed by atoms with Crippen LogP contribution < -0.4 is 11.0 Å². The summed E-state index contributed by atoms with van der Waals surface area (Å²) in [4.78, 5) is 16.4. The first kappa shape index (κ1) is 25.9. The normalized spacial score (nSPS) is 19.5. The zero-order valence-corrected chi connectivity index (χ0v) is 18.8. The van der Waals surface area contributed by atoms with Crippen molar-refractivity contribution in [2.75, 3.05) is 19.7 Å². The maximum atomic E-state index is 13.2. The van der Waals surface area contributed by atoms with Crippen LogP contribution in [0.4, 0.5) is 26.3 Å². The second kappa shape index (κ2) is 10.4. The third kappa shape index (κ3) is 6.15. The molecule has 1 aromatic heterocycles. The minimum atomic E-state index is -4.93.